The first-order valence-electron chi connectivity index (χ1n) is 13.9. The predicted octanol–water partition coefficient (Wildman–Crippen LogP) is 3.05. The quantitative estimate of drug-likeness (QED) is 0.515. The molecule has 0 bridgehead atoms. The second-order valence-corrected chi connectivity index (χ2v) is 6.56. The van der Waals surface area contributed by atoms with Gasteiger partial charge in [-0.25, -0.2) is 15.0 Å². The van der Waals surface area contributed by atoms with Crippen molar-refractivity contribution in [2.75, 3.05) is 4.90 Å². The van der Waals surface area contributed by atoms with Crippen LogP contribution in [0.15, 0.2) is 36.5 Å². The summed E-state index contributed by atoms with van der Waals surface area (Å²) in [5.41, 5.74) is -0.0950. The van der Waals surface area contributed by atoms with Gasteiger partial charge in [0.05, 0.1) is 13.6 Å². The normalized spacial score (nSPS) is 24.3. The fraction of sp³-hybridized carbons (Fsp3) is 0.333. The Hall–Kier alpha value is -3.14. The molecule has 142 valence electrons. The van der Waals surface area contributed by atoms with Crippen LogP contribution in [0.25, 0.3) is 22.5 Å². The largest absolute Gasteiger partial charge is 0.342 e. The summed E-state index contributed by atoms with van der Waals surface area (Å²) in [5, 5.41) is 9.72. The third kappa shape index (κ3) is 2.44. The lowest BCUT2D eigenvalue weighted by Gasteiger charge is -2.39. The number of rotatable bonds is 4. The van der Waals surface area contributed by atoms with Gasteiger partial charge in [0.15, 0.2) is 22.5 Å². The van der Waals surface area contributed by atoms with Gasteiger partial charge in [0.1, 0.15) is 12.0 Å². The van der Waals surface area contributed by atoms with Gasteiger partial charge in [-0.15, -0.1) is 21.5 Å². The SMILES string of the molecule is [2H]C([2H])([2H])C([2H])([2H])C1c2nncn2-c2cnc(-n3ccnc3-c3nccs3)nc2N1C([2H])(C([2H])([2H])[2H])C([2H])([2H])[2H]. The number of fused-ring (bicyclic) bond motifs is 3. The van der Waals surface area contributed by atoms with Gasteiger partial charge in [0.25, 0.3) is 0 Å². The molecule has 10 heteroatoms. The number of hydrogen-bond donors (Lipinski definition) is 0. The van der Waals surface area contributed by atoms with Crippen LogP contribution in [0.2, 0.25) is 0 Å². The standard InChI is InChI=1S/C18H19N9S/c1-4-12-15-24-22-10-26(15)13-9-21-18(23-14(13)27(12)11(2)3)25-7-5-19-16(25)17-20-6-8-28-17/h5-12H,4H2,1-3H3/i1D3,2D3,3D3,4D2,11D. The van der Waals surface area contributed by atoms with Crippen LogP contribution in [0, 0.1) is 0 Å². The first kappa shape index (κ1) is 8.48. The number of hydrogen-bond acceptors (Lipinski definition) is 8. The number of nitrogens with zero attached hydrogens (tertiary/aromatic N) is 9. The van der Waals surface area contributed by atoms with Gasteiger partial charge in [-0.1, -0.05) is 6.85 Å². The van der Waals surface area contributed by atoms with Crippen LogP contribution in [0.4, 0.5) is 5.82 Å². The van der Waals surface area contributed by atoms with Crippen molar-refractivity contribution >= 4 is 17.2 Å². The Labute approximate surface area is 182 Å². The Bertz CT molecular complexity index is 1520. The van der Waals surface area contributed by atoms with Gasteiger partial charge in [-0.2, -0.15) is 4.98 Å². The second-order valence-electron chi connectivity index (χ2n) is 5.66. The zero-order chi connectivity index (χ0) is 29.5. The maximum Gasteiger partial charge on any atom is 0.237 e. The van der Waals surface area contributed by atoms with Crippen LogP contribution >= 0.6 is 11.3 Å². The third-order valence-electron chi connectivity index (χ3n) is 4.16. The van der Waals surface area contributed by atoms with Crippen molar-refractivity contribution in [1.29, 1.82) is 0 Å². The van der Waals surface area contributed by atoms with Gasteiger partial charge < -0.3 is 4.90 Å². The van der Waals surface area contributed by atoms with E-state index in [0.29, 0.717) is 15.7 Å². The van der Waals surface area contributed by atoms with Gasteiger partial charge in [-0.3, -0.25) is 9.13 Å². The molecule has 0 amide bonds. The second kappa shape index (κ2) is 6.48. The molecule has 1 aliphatic rings. The topological polar surface area (TPSA) is 90.4 Å². The molecule has 0 saturated carbocycles. The zero-order valence-electron chi connectivity index (χ0n) is 26.0. The van der Waals surface area contributed by atoms with Crippen LogP contribution in [0.1, 0.15) is 55.2 Å². The van der Waals surface area contributed by atoms with Crippen LogP contribution in [0.3, 0.4) is 0 Å². The molecule has 0 spiro atoms. The summed E-state index contributed by atoms with van der Waals surface area (Å²) < 4.78 is 101. The zero-order valence-corrected chi connectivity index (χ0v) is 14.8. The smallest absolute Gasteiger partial charge is 0.237 e. The van der Waals surface area contributed by atoms with Crippen molar-refractivity contribution in [3.05, 3.63) is 42.3 Å². The molecule has 0 aromatic carbocycles. The molecule has 1 aliphatic heterocycles. The fourth-order valence-electron chi connectivity index (χ4n) is 3.00. The minimum absolute atomic E-state index is 0.0950. The Morgan fingerprint density at radius 2 is 2.25 bits per heavy atom. The maximum absolute atomic E-state index is 8.96. The van der Waals surface area contributed by atoms with E-state index in [4.69, 9.17) is 16.4 Å². The lowest BCUT2D eigenvalue weighted by Crippen LogP contribution is -2.40. The van der Waals surface area contributed by atoms with E-state index in [9.17, 15) is 0 Å². The molecule has 0 fully saturated rings. The van der Waals surface area contributed by atoms with Crippen molar-refractivity contribution in [1.82, 2.24) is 39.3 Å². The summed E-state index contributed by atoms with van der Waals surface area (Å²) in [6.07, 6.45) is 3.38. The molecule has 0 radical (unpaired) electrons. The van der Waals surface area contributed by atoms with Crippen molar-refractivity contribution in [3.63, 3.8) is 0 Å². The van der Waals surface area contributed by atoms with E-state index in [-0.39, 0.29) is 11.6 Å². The molecule has 28 heavy (non-hydrogen) atoms. The molecule has 5 rings (SSSR count). The maximum atomic E-state index is 8.96. The van der Waals surface area contributed by atoms with Crippen molar-refractivity contribution in [3.8, 4) is 22.5 Å². The van der Waals surface area contributed by atoms with E-state index in [2.05, 4.69) is 30.1 Å². The molecular formula is C18H19N9S. The minimum Gasteiger partial charge on any atom is -0.342 e. The lowest BCUT2D eigenvalue weighted by atomic mass is 10.1. The highest BCUT2D eigenvalue weighted by Crippen LogP contribution is 2.39. The van der Waals surface area contributed by atoms with Crippen LogP contribution in [-0.2, 0) is 0 Å². The first-order valence-corrected chi connectivity index (χ1v) is 8.79. The highest BCUT2D eigenvalue weighted by atomic mass is 32.1. The number of imidazole rings is 1. The molecule has 4 aromatic heterocycles. The van der Waals surface area contributed by atoms with E-state index in [1.54, 1.807) is 11.6 Å². The Morgan fingerprint density at radius 1 is 1.29 bits per heavy atom. The minimum atomic E-state index is -3.63. The summed E-state index contributed by atoms with van der Waals surface area (Å²) in [5.74, 6) is -0.840. The van der Waals surface area contributed by atoms with Gasteiger partial charge in [0, 0.05) is 45.1 Å². The van der Waals surface area contributed by atoms with E-state index < -0.39 is 50.6 Å². The molecular weight excluding hydrogens is 374 g/mol. The van der Waals surface area contributed by atoms with Crippen LogP contribution in [0.5, 0.6) is 0 Å². The molecule has 4 aromatic rings. The van der Waals surface area contributed by atoms with Gasteiger partial charge >= 0.3 is 0 Å². The molecule has 0 aliphatic carbocycles. The third-order valence-corrected chi connectivity index (χ3v) is 4.93. The summed E-state index contributed by atoms with van der Waals surface area (Å²) in [7, 11) is 0. The summed E-state index contributed by atoms with van der Waals surface area (Å²) in [4.78, 5) is 17.5. The fourth-order valence-corrected chi connectivity index (χ4v) is 3.62. The molecule has 5 heterocycles. The number of aromatic nitrogens is 8. The number of thiazole rings is 1. The van der Waals surface area contributed by atoms with Gasteiger partial charge in [0.2, 0.25) is 5.95 Å². The first-order chi connectivity index (χ1) is 18.4. The average molecular weight is 406 g/mol. The summed E-state index contributed by atoms with van der Waals surface area (Å²) in [6, 6.07) is -5.86. The van der Waals surface area contributed by atoms with E-state index in [0.717, 1.165) is 10.9 Å². The molecule has 1 atom stereocenters. The lowest BCUT2D eigenvalue weighted by molar-refractivity contribution is 0.497. The Morgan fingerprint density at radius 3 is 3.07 bits per heavy atom. The van der Waals surface area contributed by atoms with Crippen molar-refractivity contribution in [2.45, 2.75) is 39.0 Å². The molecule has 0 saturated heterocycles. The summed E-state index contributed by atoms with van der Waals surface area (Å²) >= 11 is 1.26. The highest BCUT2D eigenvalue weighted by molar-refractivity contribution is 7.13. The molecule has 1 unspecified atom stereocenters. The van der Waals surface area contributed by atoms with Crippen molar-refractivity contribution in [2.24, 2.45) is 0 Å². The van der Waals surface area contributed by atoms with E-state index in [1.807, 2.05) is 0 Å². The Balaban J connectivity index is 1.86. The average Bonchev–Trinajstić information content (AvgIpc) is 3.61. The monoisotopic (exact) mass is 405 g/mol. The molecule has 0 N–H and O–H groups in total. The Kier molecular flexibility index (Phi) is 1.96. The predicted molar refractivity (Wildman–Crippen MR) is 106 cm³/mol. The van der Waals surface area contributed by atoms with Gasteiger partial charge in [-0.05, 0) is 20.1 Å². The molecule has 9 nitrogen and oxygen atoms in total. The number of anilines is 1. The van der Waals surface area contributed by atoms with E-state index >= 15 is 0 Å². The van der Waals surface area contributed by atoms with Crippen LogP contribution < -0.4 is 4.90 Å². The van der Waals surface area contributed by atoms with E-state index in [1.165, 1.54) is 34.5 Å². The van der Waals surface area contributed by atoms with Crippen molar-refractivity contribution < 1.29 is 16.4 Å². The summed E-state index contributed by atoms with van der Waals surface area (Å²) in [6.45, 7) is -10.7. The highest BCUT2D eigenvalue weighted by Gasteiger charge is 2.35. The van der Waals surface area contributed by atoms with Crippen LogP contribution in [-0.4, -0.2) is 45.3 Å².